The SMILES string of the molecule is CCOc1cccc(C=NCc2cc(OC)c(OC)c(OC)c2)c1O. The molecule has 134 valence electrons. The Labute approximate surface area is 147 Å². The summed E-state index contributed by atoms with van der Waals surface area (Å²) in [5.74, 6) is 2.22. The van der Waals surface area contributed by atoms with E-state index in [2.05, 4.69) is 4.99 Å². The number of hydrogen-bond donors (Lipinski definition) is 1. The van der Waals surface area contributed by atoms with Crippen LogP contribution in [0.15, 0.2) is 35.3 Å². The fourth-order valence-corrected chi connectivity index (χ4v) is 2.39. The fraction of sp³-hybridized carbons (Fsp3) is 0.316. The lowest BCUT2D eigenvalue weighted by molar-refractivity contribution is 0.318. The predicted molar refractivity (Wildman–Crippen MR) is 96.7 cm³/mol. The van der Waals surface area contributed by atoms with Crippen LogP contribution in [0.1, 0.15) is 18.1 Å². The second-order valence-electron chi connectivity index (χ2n) is 5.13. The highest BCUT2D eigenvalue weighted by Gasteiger charge is 2.12. The summed E-state index contributed by atoms with van der Waals surface area (Å²) in [6, 6.07) is 8.99. The minimum absolute atomic E-state index is 0.0815. The average molecular weight is 345 g/mol. The minimum atomic E-state index is 0.0815. The summed E-state index contributed by atoms with van der Waals surface area (Å²) in [5.41, 5.74) is 1.49. The van der Waals surface area contributed by atoms with Gasteiger partial charge in [0.05, 0.1) is 34.5 Å². The molecule has 2 rings (SSSR count). The Balaban J connectivity index is 2.21. The van der Waals surface area contributed by atoms with E-state index in [4.69, 9.17) is 18.9 Å². The van der Waals surface area contributed by atoms with E-state index in [-0.39, 0.29) is 5.75 Å². The number of phenolic OH excluding ortho intramolecular Hbond substituents is 1. The third-order valence-corrected chi connectivity index (χ3v) is 3.56. The van der Waals surface area contributed by atoms with Gasteiger partial charge in [0, 0.05) is 11.8 Å². The largest absolute Gasteiger partial charge is 0.504 e. The number of nitrogens with zero attached hydrogens (tertiary/aromatic N) is 1. The maximum atomic E-state index is 10.2. The Morgan fingerprint density at radius 2 is 1.68 bits per heavy atom. The molecule has 6 nitrogen and oxygen atoms in total. The number of hydrogen-bond acceptors (Lipinski definition) is 6. The van der Waals surface area contributed by atoms with E-state index in [0.29, 0.717) is 41.7 Å². The molecule has 1 N–H and O–H groups in total. The van der Waals surface area contributed by atoms with Crippen molar-refractivity contribution in [3.05, 3.63) is 41.5 Å². The van der Waals surface area contributed by atoms with Crippen molar-refractivity contribution in [2.75, 3.05) is 27.9 Å². The Morgan fingerprint density at radius 3 is 2.24 bits per heavy atom. The molecular formula is C19H23NO5. The summed E-state index contributed by atoms with van der Waals surface area (Å²) in [4.78, 5) is 4.39. The van der Waals surface area contributed by atoms with Gasteiger partial charge in [-0.2, -0.15) is 0 Å². The summed E-state index contributed by atoms with van der Waals surface area (Å²) in [6.07, 6.45) is 1.61. The lowest BCUT2D eigenvalue weighted by Crippen LogP contribution is -1.97. The molecule has 0 unspecified atom stereocenters. The maximum absolute atomic E-state index is 10.2. The number of rotatable bonds is 8. The number of para-hydroxylation sites is 1. The molecule has 0 bridgehead atoms. The van der Waals surface area contributed by atoms with Crippen LogP contribution in [-0.4, -0.2) is 39.3 Å². The third kappa shape index (κ3) is 4.35. The maximum Gasteiger partial charge on any atom is 0.203 e. The van der Waals surface area contributed by atoms with E-state index in [0.717, 1.165) is 5.56 Å². The number of ether oxygens (including phenoxy) is 4. The molecule has 0 spiro atoms. The topological polar surface area (TPSA) is 69.5 Å². The van der Waals surface area contributed by atoms with Crippen molar-refractivity contribution in [2.24, 2.45) is 4.99 Å². The first-order valence-corrected chi connectivity index (χ1v) is 7.88. The number of phenols is 1. The highest BCUT2D eigenvalue weighted by atomic mass is 16.5. The molecule has 2 aromatic rings. The van der Waals surface area contributed by atoms with Crippen molar-refractivity contribution in [3.8, 4) is 28.7 Å². The highest BCUT2D eigenvalue weighted by molar-refractivity contribution is 5.84. The van der Waals surface area contributed by atoms with Crippen molar-refractivity contribution in [1.82, 2.24) is 0 Å². The minimum Gasteiger partial charge on any atom is -0.504 e. The van der Waals surface area contributed by atoms with Gasteiger partial charge in [-0.25, -0.2) is 0 Å². The van der Waals surface area contributed by atoms with Gasteiger partial charge in [0.2, 0.25) is 5.75 Å². The van der Waals surface area contributed by atoms with Gasteiger partial charge in [-0.1, -0.05) is 6.07 Å². The lowest BCUT2D eigenvalue weighted by Gasteiger charge is -2.13. The van der Waals surface area contributed by atoms with Gasteiger partial charge < -0.3 is 24.1 Å². The Kier molecular flexibility index (Phi) is 6.51. The van der Waals surface area contributed by atoms with Crippen LogP contribution in [0.5, 0.6) is 28.7 Å². The number of methoxy groups -OCH3 is 3. The molecule has 0 atom stereocenters. The molecule has 0 amide bonds. The van der Waals surface area contributed by atoms with E-state index in [9.17, 15) is 5.11 Å². The Bertz CT molecular complexity index is 718. The average Bonchev–Trinajstić information content (AvgIpc) is 2.63. The van der Waals surface area contributed by atoms with E-state index < -0.39 is 0 Å². The normalized spacial score (nSPS) is 10.7. The van der Waals surface area contributed by atoms with Gasteiger partial charge in [-0.15, -0.1) is 0 Å². The zero-order valence-corrected chi connectivity index (χ0v) is 14.9. The summed E-state index contributed by atoms with van der Waals surface area (Å²) in [5, 5.41) is 10.2. The van der Waals surface area contributed by atoms with Crippen LogP contribution in [0.25, 0.3) is 0 Å². The quantitative estimate of drug-likeness (QED) is 0.742. The van der Waals surface area contributed by atoms with Crippen molar-refractivity contribution < 1.29 is 24.1 Å². The van der Waals surface area contributed by atoms with Crippen LogP contribution in [0.4, 0.5) is 0 Å². The number of aromatic hydroxyl groups is 1. The first-order chi connectivity index (χ1) is 12.1. The molecule has 25 heavy (non-hydrogen) atoms. The van der Waals surface area contributed by atoms with Crippen LogP contribution in [-0.2, 0) is 6.54 Å². The summed E-state index contributed by atoms with van der Waals surface area (Å²) < 4.78 is 21.3. The van der Waals surface area contributed by atoms with Gasteiger partial charge in [0.1, 0.15) is 0 Å². The van der Waals surface area contributed by atoms with Crippen molar-refractivity contribution in [1.29, 1.82) is 0 Å². The van der Waals surface area contributed by atoms with Gasteiger partial charge in [0.15, 0.2) is 23.0 Å². The smallest absolute Gasteiger partial charge is 0.203 e. The molecule has 0 aromatic heterocycles. The molecule has 6 heteroatoms. The Morgan fingerprint density at radius 1 is 1.00 bits per heavy atom. The summed E-state index contributed by atoms with van der Waals surface area (Å²) in [7, 11) is 4.70. The molecule has 0 heterocycles. The molecular weight excluding hydrogens is 322 g/mol. The number of aliphatic imine (C=N–C) groups is 1. The first-order valence-electron chi connectivity index (χ1n) is 7.88. The van der Waals surface area contributed by atoms with Crippen molar-refractivity contribution in [3.63, 3.8) is 0 Å². The molecule has 0 aliphatic heterocycles. The second-order valence-corrected chi connectivity index (χ2v) is 5.13. The first kappa shape index (κ1) is 18.4. The van der Waals surface area contributed by atoms with Gasteiger partial charge in [0.25, 0.3) is 0 Å². The van der Waals surface area contributed by atoms with Crippen LogP contribution in [0, 0.1) is 0 Å². The van der Waals surface area contributed by atoms with Gasteiger partial charge >= 0.3 is 0 Å². The molecule has 0 fully saturated rings. The Hall–Kier alpha value is -2.89. The molecule has 0 aliphatic rings. The molecule has 0 saturated heterocycles. The second kappa shape index (κ2) is 8.82. The summed E-state index contributed by atoms with van der Waals surface area (Å²) in [6.45, 7) is 2.75. The van der Waals surface area contributed by atoms with Gasteiger partial charge in [-0.05, 0) is 36.8 Å². The van der Waals surface area contributed by atoms with Crippen molar-refractivity contribution in [2.45, 2.75) is 13.5 Å². The molecule has 0 saturated carbocycles. The molecule has 2 aromatic carbocycles. The zero-order valence-electron chi connectivity index (χ0n) is 14.9. The van der Waals surface area contributed by atoms with Crippen molar-refractivity contribution >= 4 is 6.21 Å². The lowest BCUT2D eigenvalue weighted by atomic mass is 10.1. The predicted octanol–water partition coefficient (Wildman–Crippen LogP) is 3.44. The summed E-state index contributed by atoms with van der Waals surface area (Å²) >= 11 is 0. The van der Waals surface area contributed by atoms with Crippen LogP contribution in [0.2, 0.25) is 0 Å². The van der Waals surface area contributed by atoms with E-state index >= 15 is 0 Å². The standard InChI is InChI=1S/C19H23NO5/c1-5-25-15-8-6-7-14(18(15)21)12-20-11-13-9-16(22-2)19(24-4)17(10-13)23-3/h6-10,12,21H,5,11H2,1-4H3. The van der Waals surface area contributed by atoms with Crippen LogP contribution in [0.3, 0.4) is 0 Å². The third-order valence-electron chi connectivity index (χ3n) is 3.56. The zero-order chi connectivity index (χ0) is 18.2. The molecule has 0 radical (unpaired) electrons. The van der Waals surface area contributed by atoms with E-state index in [1.807, 2.05) is 25.1 Å². The monoisotopic (exact) mass is 345 g/mol. The highest BCUT2D eigenvalue weighted by Crippen LogP contribution is 2.38. The number of benzene rings is 2. The molecule has 0 aliphatic carbocycles. The van der Waals surface area contributed by atoms with Gasteiger partial charge in [-0.3, -0.25) is 4.99 Å². The fourth-order valence-electron chi connectivity index (χ4n) is 2.39. The van der Waals surface area contributed by atoms with E-state index in [1.54, 1.807) is 39.7 Å². The van der Waals surface area contributed by atoms with Crippen LogP contribution < -0.4 is 18.9 Å². The van der Waals surface area contributed by atoms with E-state index in [1.165, 1.54) is 0 Å². The van der Waals surface area contributed by atoms with Crippen LogP contribution >= 0.6 is 0 Å².